The summed E-state index contributed by atoms with van der Waals surface area (Å²) < 4.78 is 47.3. The van der Waals surface area contributed by atoms with Gasteiger partial charge in [-0.3, -0.25) is 9.59 Å². The molecule has 0 bridgehead atoms. The maximum Gasteiger partial charge on any atom is 0.453 e. The summed E-state index contributed by atoms with van der Waals surface area (Å²) in [4.78, 5) is 27.0. The smallest absolute Gasteiger partial charge is 0.453 e. The summed E-state index contributed by atoms with van der Waals surface area (Å²) >= 11 is 0. The van der Waals surface area contributed by atoms with Crippen molar-refractivity contribution in [3.05, 3.63) is 53.6 Å². The number of carbonyl (C=O) groups excluding carboxylic acids is 2. The fourth-order valence-corrected chi connectivity index (χ4v) is 4.29. The molecule has 0 aliphatic carbocycles. The maximum atomic E-state index is 13.1. The number of allylic oxidation sites excluding steroid dienone is 1. The van der Waals surface area contributed by atoms with Crippen LogP contribution in [0.1, 0.15) is 40.4 Å². The SMILES string of the molecule is C=CCn1c(C)cc(C(=O)COC(=O)C2CCN(c3ccc4nnc(C(F)(F)F)n4n3)CC2)c1C. The molecule has 1 aliphatic rings. The van der Waals surface area contributed by atoms with Crippen molar-refractivity contribution < 1.29 is 27.5 Å². The van der Waals surface area contributed by atoms with Crippen molar-refractivity contribution >= 4 is 23.2 Å². The van der Waals surface area contributed by atoms with Crippen molar-refractivity contribution in [3.63, 3.8) is 0 Å². The van der Waals surface area contributed by atoms with Gasteiger partial charge in [-0.2, -0.15) is 17.7 Å². The van der Waals surface area contributed by atoms with Crippen LogP contribution in [-0.4, -0.2) is 55.8 Å². The van der Waals surface area contributed by atoms with Crippen LogP contribution in [0.5, 0.6) is 0 Å². The Hall–Kier alpha value is -3.70. The van der Waals surface area contributed by atoms with Gasteiger partial charge in [0.05, 0.1) is 5.92 Å². The molecular formula is C23H25F3N6O3. The van der Waals surface area contributed by atoms with E-state index in [-0.39, 0.29) is 18.0 Å². The van der Waals surface area contributed by atoms with Crippen LogP contribution in [0.3, 0.4) is 0 Å². The van der Waals surface area contributed by atoms with Gasteiger partial charge >= 0.3 is 12.1 Å². The summed E-state index contributed by atoms with van der Waals surface area (Å²) in [5.74, 6) is -2.00. The number of fused-ring (bicyclic) bond motifs is 1. The first-order chi connectivity index (χ1) is 16.6. The minimum absolute atomic E-state index is 0.00512. The van der Waals surface area contributed by atoms with Crippen LogP contribution < -0.4 is 4.90 Å². The van der Waals surface area contributed by atoms with Crippen molar-refractivity contribution in [2.45, 2.75) is 39.4 Å². The highest BCUT2D eigenvalue weighted by Crippen LogP contribution is 2.29. The van der Waals surface area contributed by atoms with E-state index < -0.39 is 23.9 Å². The van der Waals surface area contributed by atoms with E-state index in [1.807, 2.05) is 18.4 Å². The number of aryl methyl sites for hydroxylation is 1. The predicted molar refractivity (Wildman–Crippen MR) is 120 cm³/mol. The van der Waals surface area contributed by atoms with Crippen molar-refractivity contribution in [3.8, 4) is 0 Å². The Morgan fingerprint density at radius 1 is 1.20 bits per heavy atom. The van der Waals surface area contributed by atoms with E-state index in [0.717, 1.165) is 11.4 Å². The number of rotatable bonds is 7. The average Bonchev–Trinajstić information content (AvgIpc) is 3.39. The lowest BCUT2D eigenvalue weighted by Crippen LogP contribution is -2.38. The number of nitrogens with zero attached hydrogens (tertiary/aromatic N) is 6. The molecule has 0 radical (unpaired) electrons. The molecule has 0 spiro atoms. The van der Waals surface area contributed by atoms with E-state index >= 15 is 0 Å². The number of esters is 1. The van der Waals surface area contributed by atoms with E-state index in [9.17, 15) is 22.8 Å². The van der Waals surface area contributed by atoms with Gasteiger partial charge in [-0.25, -0.2) is 0 Å². The van der Waals surface area contributed by atoms with Gasteiger partial charge in [-0.05, 0) is 44.9 Å². The van der Waals surface area contributed by atoms with Crippen LogP contribution in [-0.2, 0) is 22.3 Å². The summed E-state index contributed by atoms with van der Waals surface area (Å²) in [6, 6.07) is 4.77. The number of ketones is 1. The number of hydrogen-bond donors (Lipinski definition) is 0. The summed E-state index contributed by atoms with van der Waals surface area (Å²) in [5, 5.41) is 10.7. The Morgan fingerprint density at radius 2 is 1.91 bits per heavy atom. The van der Waals surface area contributed by atoms with Crippen LogP contribution >= 0.6 is 0 Å². The Kier molecular flexibility index (Phi) is 6.64. The highest BCUT2D eigenvalue weighted by atomic mass is 19.4. The van der Waals surface area contributed by atoms with E-state index in [0.29, 0.717) is 48.4 Å². The number of carbonyl (C=O) groups is 2. The summed E-state index contributed by atoms with van der Waals surface area (Å²) in [6.45, 7) is 8.49. The molecule has 0 N–H and O–H groups in total. The first-order valence-corrected chi connectivity index (χ1v) is 11.1. The first kappa shape index (κ1) is 24.4. The number of ether oxygens (including phenoxy) is 1. The molecule has 0 amide bonds. The Balaban J connectivity index is 1.34. The van der Waals surface area contributed by atoms with Crippen LogP contribution in [0.15, 0.2) is 30.9 Å². The molecule has 1 fully saturated rings. The zero-order valence-electron chi connectivity index (χ0n) is 19.4. The molecule has 4 heterocycles. The standard InChI is InChI=1S/C23H25F3N6O3/c1-4-9-31-14(2)12-17(15(31)3)18(33)13-35-21(34)16-7-10-30(11-8-16)20-6-5-19-27-28-22(23(24,25)26)32(19)29-20/h4-6,12,16H,1,7-11,13H2,2-3H3. The second-order valence-corrected chi connectivity index (χ2v) is 8.46. The molecule has 0 atom stereocenters. The van der Waals surface area contributed by atoms with E-state index in [4.69, 9.17) is 4.74 Å². The molecule has 1 saturated heterocycles. The molecule has 0 saturated carbocycles. The second-order valence-electron chi connectivity index (χ2n) is 8.46. The lowest BCUT2D eigenvalue weighted by molar-refractivity contribution is -0.148. The van der Waals surface area contributed by atoms with Gasteiger partial charge in [-0.15, -0.1) is 21.9 Å². The third-order valence-corrected chi connectivity index (χ3v) is 6.19. The van der Waals surface area contributed by atoms with Gasteiger partial charge in [0, 0.05) is 36.6 Å². The van der Waals surface area contributed by atoms with Gasteiger partial charge in [-0.1, -0.05) is 6.08 Å². The largest absolute Gasteiger partial charge is 0.457 e. The van der Waals surface area contributed by atoms with Crippen LogP contribution in [0.4, 0.5) is 19.0 Å². The fraction of sp³-hybridized carbons (Fsp3) is 0.435. The van der Waals surface area contributed by atoms with Gasteiger partial charge in [0.25, 0.3) is 5.82 Å². The van der Waals surface area contributed by atoms with Crippen LogP contribution in [0, 0.1) is 19.8 Å². The second kappa shape index (κ2) is 9.51. The van der Waals surface area contributed by atoms with Crippen LogP contribution in [0.2, 0.25) is 0 Å². The van der Waals surface area contributed by atoms with Gasteiger partial charge in [0.2, 0.25) is 5.78 Å². The highest BCUT2D eigenvalue weighted by Gasteiger charge is 2.38. The number of halogens is 3. The minimum Gasteiger partial charge on any atom is -0.457 e. The number of alkyl halides is 3. The van der Waals surface area contributed by atoms with Gasteiger partial charge < -0.3 is 14.2 Å². The lowest BCUT2D eigenvalue weighted by Gasteiger charge is -2.31. The quantitative estimate of drug-likeness (QED) is 0.285. The average molecular weight is 490 g/mol. The minimum atomic E-state index is -4.68. The molecule has 35 heavy (non-hydrogen) atoms. The number of anilines is 1. The van der Waals surface area contributed by atoms with Crippen molar-refractivity contribution in [1.29, 1.82) is 0 Å². The molecule has 1 aliphatic heterocycles. The monoisotopic (exact) mass is 490 g/mol. The molecule has 0 unspecified atom stereocenters. The molecule has 0 aromatic carbocycles. The van der Waals surface area contributed by atoms with Crippen LogP contribution in [0.25, 0.3) is 5.65 Å². The summed E-state index contributed by atoms with van der Waals surface area (Å²) in [5.41, 5.74) is 2.23. The molecule has 4 rings (SSSR count). The maximum absolute atomic E-state index is 13.1. The van der Waals surface area contributed by atoms with E-state index in [1.54, 1.807) is 23.1 Å². The molecule has 3 aromatic rings. The molecule has 12 heteroatoms. The number of aromatic nitrogens is 5. The number of hydrogen-bond acceptors (Lipinski definition) is 7. The van der Waals surface area contributed by atoms with Crippen molar-refractivity contribution in [1.82, 2.24) is 24.4 Å². The Morgan fingerprint density at radius 3 is 2.57 bits per heavy atom. The summed E-state index contributed by atoms with van der Waals surface area (Å²) in [6.07, 6.45) is -2.08. The number of piperidine rings is 1. The van der Waals surface area contributed by atoms with Crippen molar-refractivity contribution in [2.75, 3.05) is 24.6 Å². The van der Waals surface area contributed by atoms with E-state index in [1.165, 1.54) is 6.07 Å². The third kappa shape index (κ3) is 4.91. The van der Waals surface area contributed by atoms with Gasteiger partial charge in [0.15, 0.2) is 12.3 Å². The van der Waals surface area contributed by atoms with Crippen molar-refractivity contribution in [2.24, 2.45) is 5.92 Å². The molecule has 3 aromatic heterocycles. The molecule has 9 nitrogen and oxygen atoms in total. The lowest BCUT2D eigenvalue weighted by atomic mass is 9.97. The Labute approximate surface area is 199 Å². The zero-order valence-corrected chi connectivity index (χ0v) is 19.4. The predicted octanol–water partition coefficient (Wildman–Crippen LogP) is 3.39. The highest BCUT2D eigenvalue weighted by molar-refractivity contribution is 5.99. The summed E-state index contributed by atoms with van der Waals surface area (Å²) in [7, 11) is 0. The Bertz CT molecular complexity index is 1270. The van der Waals surface area contributed by atoms with E-state index in [2.05, 4.69) is 21.9 Å². The topological polar surface area (TPSA) is 94.6 Å². The third-order valence-electron chi connectivity index (χ3n) is 6.19. The van der Waals surface area contributed by atoms with Gasteiger partial charge in [0.1, 0.15) is 5.82 Å². The first-order valence-electron chi connectivity index (χ1n) is 11.1. The molecular weight excluding hydrogens is 465 g/mol. The number of Topliss-reactive ketones (excluding diaryl/α,β-unsaturated/α-hetero) is 1. The normalized spacial score (nSPS) is 14.9. The zero-order chi connectivity index (χ0) is 25.3. The fourth-order valence-electron chi connectivity index (χ4n) is 4.29. The molecule has 186 valence electrons.